The molecule has 4 nitrogen and oxygen atoms in total. The molecule has 4 heteroatoms. The van der Waals surface area contributed by atoms with Gasteiger partial charge >= 0.3 is 0 Å². The SMILES string of the molecule is CC(O)CN(CC(=O)N1CCCCC1C)C(C)C. The van der Waals surface area contributed by atoms with Crippen LogP contribution in [-0.4, -0.2) is 58.6 Å². The minimum Gasteiger partial charge on any atom is -0.392 e. The van der Waals surface area contributed by atoms with Gasteiger partial charge in [-0.3, -0.25) is 9.69 Å². The predicted octanol–water partition coefficient (Wildman–Crippen LogP) is 1.48. The summed E-state index contributed by atoms with van der Waals surface area (Å²) in [5.41, 5.74) is 0. The number of aliphatic hydroxyl groups excluding tert-OH is 1. The molecule has 0 aromatic carbocycles. The van der Waals surface area contributed by atoms with Crippen LogP contribution in [0, 0.1) is 0 Å². The van der Waals surface area contributed by atoms with E-state index in [9.17, 15) is 9.90 Å². The lowest BCUT2D eigenvalue weighted by Crippen LogP contribution is -2.49. The van der Waals surface area contributed by atoms with E-state index in [0.717, 1.165) is 19.4 Å². The molecule has 18 heavy (non-hydrogen) atoms. The minimum atomic E-state index is -0.390. The molecule has 1 saturated heterocycles. The number of nitrogens with zero attached hydrogens (tertiary/aromatic N) is 2. The molecular formula is C14H28N2O2. The second-order valence-corrected chi connectivity index (χ2v) is 5.80. The summed E-state index contributed by atoms with van der Waals surface area (Å²) in [4.78, 5) is 16.4. The summed E-state index contributed by atoms with van der Waals surface area (Å²) < 4.78 is 0. The van der Waals surface area contributed by atoms with Gasteiger partial charge in [0.15, 0.2) is 0 Å². The van der Waals surface area contributed by atoms with Gasteiger partial charge in [-0.15, -0.1) is 0 Å². The van der Waals surface area contributed by atoms with Gasteiger partial charge in [0, 0.05) is 25.2 Å². The summed E-state index contributed by atoms with van der Waals surface area (Å²) in [6.45, 7) is 9.90. The first-order valence-corrected chi connectivity index (χ1v) is 7.13. The number of amides is 1. The van der Waals surface area contributed by atoms with Crippen molar-refractivity contribution in [3.63, 3.8) is 0 Å². The number of hydrogen-bond donors (Lipinski definition) is 1. The molecule has 1 N–H and O–H groups in total. The van der Waals surface area contributed by atoms with E-state index in [4.69, 9.17) is 0 Å². The Balaban J connectivity index is 2.54. The molecule has 0 bridgehead atoms. The molecular weight excluding hydrogens is 228 g/mol. The summed E-state index contributed by atoms with van der Waals surface area (Å²) in [6, 6.07) is 0.649. The lowest BCUT2D eigenvalue weighted by molar-refractivity contribution is -0.136. The highest BCUT2D eigenvalue weighted by Gasteiger charge is 2.25. The van der Waals surface area contributed by atoms with Crippen LogP contribution in [0.2, 0.25) is 0 Å². The van der Waals surface area contributed by atoms with Crippen molar-refractivity contribution in [1.82, 2.24) is 9.80 Å². The van der Waals surface area contributed by atoms with E-state index >= 15 is 0 Å². The normalized spacial score (nSPS) is 22.6. The molecule has 0 aromatic rings. The van der Waals surface area contributed by atoms with Crippen molar-refractivity contribution in [2.45, 2.75) is 65.1 Å². The van der Waals surface area contributed by atoms with Gasteiger partial charge in [0.05, 0.1) is 12.6 Å². The summed E-state index contributed by atoms with van der Waals surface area (Å²) in [7, 11) is 0. The maximum absolute atomic E-state index is 12.3. The van der Waals surface area contributed by atoms with E-state index in [0.29, 0.717) is 19.1 Å². The topological polar surface area (TPSA) is 43.8 Å². The molecule has 0 radical (unpaired) electrons. The number of carbonyl (C=O) groups is 1. The summed E-state index contributed by atoms with van der Waals surface area (Å²) in [6.07, 6.45) is 3.07. The summed E-state index contributed by atoms with van der Waals surface area (Å²) in [5.74, 6) is 0.205. The van der Waals surface area contributed by atoms with Crippen LogP contribution in [0.3, 0.4) is 0 Å². The number of rotatable bonds is 5. The van der Waals surface area contributed by atoms with Gasteiger partial charge < -0.3 is 10.0 Å². The maximum Gasteiger partial charge on any atom is 0.236 e. The van der Waals surface area contributed by atoms with Crippen LogP contribution in [0.15, 0.2) is 0 Å². The molecule has 1 heterocycles. The van der Waals surface area contributed by atoms with Gasteiger partial charge in [0.25, 0.3) is 0 Å². The van der Waals surface area contributed by atoms with Gasteiger partial charge in [0.2, 0.25) is 5.91 Å². The van der Waals surface area contributed by atoms with Gasteiger partial charge in [-0.25, -0.2) is 0 Å². The Kier molecular flexibility index (Phi) is 6.09. The van der Waals surface area contributed by atoms with Crippen molar-refractivity contribution in [3.8, 4) is 0 Å². The smallest absolute Gasteiger partial charge is 0.236 e. The van der Waals surface area contributed by atoms with Crippen LogP contribution in [0.25, 0.3) is 0 Å². The number of aliphatic hydroxyl groups is 1. The fraction of sp³-hybridized carbons (Fsp3) is 0.929. The Hall–Kier alpha value is -0.610. The van der Waals surface area contributed by atoms with Crippen LogP contribution >= 0.6 is 0 Å². The number of carbonyl (C=O) groups excluding carboxylic acids is 1. The summed E-state index contributed by atoms with van der Waals surface area (Å²) >= 11 is 0. The Labute approximate surface area is 111 Å². The average Bonchev–Trinajstić information content (AvgIpc) is 2.27. The second-order valence-electron chi connectivity index (χ2n) is 5.80. The van der Waals surface area contributed by atoms with E-state index in [1.807, 2.05) is 9.80 Å². The summed E-state index contributed by atoms with van der Waals surface area (Å²) in [5, 5.41) is 9.48. The molecule has 2 unspecified atom stereocenters. The Morgan fingerprint density at radius 3 is 2.56 bits per heavy atom. The van der Waals surface area contributed by atoms with Crippen molar-refractivity contribution in [3.05, 3.63) is 0 Å². The van der Waals surface area contributed by atoms with Crippen LogP contribution in [0.5, 0.6) is 0 Å². The number of likely N-dealkylation sites (tertiary alicyclic amines) is 1. The molecule has 1 fully saturated rings. The standard InChI is InChI=1S/C14H28N2O2/c1-11(2)15(9-13(4)17)10-14(18)16-8-6-5-7-12(16)3/h11-13,17H,5-10H2,1-4H3. The van der Waals surface area contributed by atoms with Crippen LogP contribution in [0.1, 0.15) is 47.0 Å². The quantitative estimate of drug-likeness (QED) is 0.810. The van der Waals surface area contributed by atoms with Gasteiger partial charge in [-0.1, -0.05) is 0 Å². The maximum atomic E-state index is 12.3. The number of piperidine rings is 1. The molecule has 0 spiro atoms. The Morgan fingerprint density at radius 2 is 2.06 bits per heavy atom. The van der Waals surface area contributed by atoms with Crippen LogP contribution < -0.4 is 0 Å². The highest BCUT2D eigenvalue weighted by molar-refractivity contribution is 5.78. The molecule has 0 aromatic heterocycles. The molecule has 106 valence electrons. The fourth-order valence-corrected chi connectivity index (χ4v) is 2.53. The van der Waals surface area contributed by atoms with Crippen molar-refractivity contribution < 1.29 is 9.90 Å². The largest absolute Gasteiger partial charge is 0.392 e. The van der Waals surface area contributed by atoms with E-state index in [-0.39, 0.29) is 18.1 Å². The molecule has 1 amide bonds. The zero-order chi connectivity index (χ0) is 13.7. The number of hydrogen-bond acceptors (Lipinski definition) is 3. The third-order valence-electron chi connectivity index (χ3n) is 3.69. The van der Waals surface area contributed by atoms with E-state index in [1.165, 1.54) is 6.42 Å². The molecule has 0 aliphatic carbocycles. The van der Waals surface area contributed by atoms with Gasteiger partial charge in [0.1, 0.15) is 0 Å². The van der Waals surface area contributed by atoms with Crippen molar-refractivity contribution in [2.75, 3.05) is 19.6 Å². The van der Waals surface area contributed by atoms with Crippen LogP contribution in [0.4, 0.5) is 0 Å². The first kappa shape index (κ1) is 15.4. The van der Waals surface area contributed by atoms with Crippen molar-refractivity contribution >= 4 is 5.91 Å². The Morgan fingerprint density at radius 1 is 1.39 bits per heavy atom. The zero-order valence-electron chi connectivity index (χ0n) is 12.2. The average molecular weight is 256 g/mol. The Bertz CT molecular complexity index is 267. The van der Waals surface area contributed by atoms with E-state index < -0.39 is 0 Å². The lowest BCUT2D eigenvalue weighted by Gasteiger charge is -2.36. The molecule has 1 aliphatic rings. The predicted molar refractivity (Wildman–Crippen MR) is 73.4 cm³/mol. The monoisotopic (exact) mass is 256 g/mol. The first-order chi connectivity index (χ1) is 8.41. The van der Waals surface area contributed by atoms with Gasteiger partial charge in [-0.05, 0) is 47.0 Å². The molecule has 2 atom stereocenters. The van der Waals surface area contributed by atoms with Crippen LogP contribution in [-0.2, 0) is 4.79 Å². The molecule has 1 aliphatic heterocycles. The molecule has 0 saturated carbocycles. The van der Waals surface area contributed by atoms with E-state index in [2.05, 4.69) is 20.8 Å². The fourth-order valence-electron chi connectivity index (χ4n) is 2.53. The molecule has 1 rings (SSSR count). The highest BCUT2D eigenvalue weighted by Crippen LogP contribution is 2.17. The van der Waals surface area contributed by atoms with E-state index in [1.54, 1.807) is 6.92 Å². The zero-order valence-corrected chi connectivity index (χ0v) is 12.2. The highest BCUT2D eigenvalue weighted by atomic mass is 16.3. The van der Waals surface area contributed by atoms with Crippen molar-refractivity contribution in [2.24, 2.45) is 0 Å². The lowest BCUT2D eigenvalue weighted by atomic mass is 10.0. The first-order valence-electron chi connectivity index (χ1n) is 7.13. The second kappa shape index (κ2) is 7.10. The third kappa shape index (κ3) is 4.58. The minimum absolute atomic E-state index is 0.205. The van der Waals surface area contributed by atoms with Gasteiger partial charge in [-0.2, -0.15) is 0 Å². The van der Waals surface area contributed by atoms with Crippen molar-refractivity contribution in [1.29, 1.82) is 0 Å². The third-order valence-corrected chi connectivity index (χ3v) is 3.69.